The average Bonchev–Trinajstić information content (AvgIpc) is 3.40. The molecule has 146 valence electrons. The van der Waals surface area contributed by atoms with Crippen LogP contribution in [-0.2, 0) is 28.0 Å². The molecule has 28 heavy (non-hydrogen) atoms. The summed E-state index contributed by atoms with van der Waals surface area (Å²) in [5.74, 6) is 1.03. The number of likely N-dealkylation sites (tertiary alicyclic amines) is 1. The highest BCUT2D eigenvalue weighted by Crippen LogP contribution is 2.48. The Bertz CT molecular complexity index is 911. The van der Waals surface area contributed by atoms with Crippen molar-refractivity contribution >= 4 is 11.3 Å². The molecule has 1 saturated heterocycles. The molecule has 3 aromatic rings. The first-order valence-electron chi connectivity index (χ1n) is 9.90. The van der Waals surface area contributed by atoms with E-state index in [1.807, 2.05) is 23.5 Å². The lowest BCUT2D eigenvalue weighted by molar-refractivity contribution is -0.226. The Morgan fingerprint density at radius 1 is 1.14 bits per heavy atom. The molecule has 2 aromatic heterocycles. The lowest BCUT2D eigenvalue weighted by Crippen LogP contribution is -2.48. The maximum atomic E-state index is 6.56. The molecule has 1 atom stereocenters. The van der Waals surface area contributed by atoms with Crippen LogP contribution in [0, 0.1) is 0 Å². The fraction of sp³-hybridized carbons (Fsp3) is 0.391. The van der Waals surface area contributed by atoms with Gasteiger partial charge in [-0.15, -0.1) is 11.3 Å². The number of ether oxygens (including phenoxy) is 2. The highest BCUT2D eigenvalue weighted by molar-refractivity contribution is 7.15. The molecule has 4 heterocycles. The third-order valence-electron chi connectivity index (χ3n) is 5.95. The molecule has 0 radical (unpaired) electrons. The van der Waals surface area contributed by atoms with Gasteiger partial charge in [-0.1, -0.05) is 30.3 Å². The number of hydrogen-bond donors (Lipinski definition) is 0. The molecule has 2 aliphatic heterocycles. The molecule has 4 nitrogen and oxygen atoms in total. The predicted octanol–water partition coefficient (Wildman–Crippen LogP) is 5.04. The molecule has 0 amide bonds. The highest BCUT2D eigenvalue weighted by Gasteiger charge is 2.45. The molecule has 0 unspecified atom stereocenters. The summed E-state index contributed by atoms with van der Waals surface area (Å²) in [4.78, 5) is 5.19. The molecule has 5 rings (SSSR count). The first kappa shape index (κ1) is 18.1. The second-order valence-corrected chi connectivity index (χ2v) is 8.79. The van der Waals surface area contributed by atoms with Crippen LogP contribution in [0.4, 0.5) is 0 Å². The normalized spacial score (nSPS) is 21.7. The van der Waals surface area contributed by atoms with Gasteiger partial charge in [0.2, 0.25) is 0 Å². The van der Waals surface area contributed by atoms with Crippen molar-refractivity contribution in [2.24, 2.45) is 0 Å². The lowest BCUT2D eigenvalue weighted by atomic mass is 9.82. The van der Waals surface area contributed by atoms with E-state index < -0.39 is 0 Å². The number of piperidine rings is 1. The van der Waals surface area contributed by atoms with E-state index in [9.17, 15) is 0 Å². The van der Waals surface area contributed by atoms with E-state index in [2.05, 4.69) is 41.3 Å². The van der Waals surface area contributed by atoms with Gasteiger partial charge in [0.1, 0.15) is 5.76 Å². The molecular weight excluding hydrogens is 370 g/mol. The molecule has 1 spiro atoms. The van der Waals surface area contributed by atoms with Crippen molar-refractivity contribution in [2.45, 2.75) is 37.7 Å². The maximum absolute atomic E-state index is 6.56. The van der Waals surface area contributed by atoms with Crippen molar-refractivity contribution in [2.75, 3.05) is 20.2 Å². The molecule has 5 heteroatoms. The Hall–Kier alpha value is -1.92. The summed E-state index contributed by atoms with van der Waals surface area (Å²) in [6.45, 7) is 2.85. The van der Waals surface area contributed by atoms with Crippen LogP contribution in [0.5, 0.6) is 0 Å². The fourth-order valence-electron chi connectivity index (χ4n) is 4.43. The summed E-state index contributed by atoms with van der Waals surface area (Å²) in [7, 11) is 1.75. The number of furan rings is 1. The van der Waals surface area contributed by atoms with Gasteiger partial charge in [-0.2, -0.15) is 0 Å². The van der Waals surface area contributed by atoms with Gasteiger partial charge in [0.05, 0.1) is 18.4 Å². The average molecular weight is 396 g/mol. The number of methoxy groups -OCH3 is 1. The van der Waals surface area contributed by atoms with Crippen LogP contribution in [0.2, 0.25) is 0 Å². The van der Waals surface area contributed by atoms with Gasteiger partial charge in [-0.05, 0) is 42.2 Å². The Morgan fingerprint density at radius 2 is 1.96 bits per heavy atom. The zero-order valence-electron chi connectivity index (χ0n) is 16.1. The largest absolute Gasteiger partial charge is 0.468 e. The predicted molar refractivity (Wildman–Crippen MR) is 110 cm³/mol. The van der Waals surface area contributed by atoms with Gasteiger partial charge >= 0.3 is 0 Å². The maximum Gasteiger partial charge on any atom is 0.163 e. The van der Waals surface area contributed by atoms with Crippen molar-refractivity contribution < 1.29 is 13.9 Å². The first-order chi connectivity index (χ1) is 13.8. The van der Waals surface area contributed by atoms with E-state index in [0.717, 1.165) is 44.7 Å². The molecule has 2 aliphatic rings. The molecule has 1 fully saturated rings. The monoisotopic (exact) mass is 395 g/mol. The zero-order valence-corrected chi connectivity index (χ0v) is 16.9. The number of nitrogens with zero attached hydrogens (tertiary/aromatic N) is 1. The number of hydrogen-bond acceptors (Lipinski definition) is 5. The second-order valence-electron chi connectivity index (χ2n) is 7.65. The lowest BCUT2D eigenvalue weighted by Gasteiger charge is -2.45. The molecule has 0 bridgehead atoms. The van der Waals surface area contributed by atoms with E-state index >= 15 is 0 Å². The van der Waals surface area contributed by atoms with Crippen LogP contribution in [0.3, 0.4) is 0 Å². The first-order valence-corrected chi connectivity index (χ1v) is 10.7. The number of rotatable bonds is 4. The van der Waals surface area contributed by atoms with Gasteiger partial charge in [-0.3, -0.25) is 4.90 Å². The molecule has 1 aromatic carbocycles. The SMILES string of the molecule is CO[C@H]1Cc2sc(-c3ccccc3)cc2C2(CCN(Cc3ccco3)CC2)O1. The van der Waals surface area contributed by atoms with Crippen LogP contribution < -0.4 is 0 Å². The highest BCUT2D eigenvalue weighted by atomic mass is 32.1. The third-order valence-corrected chi connectivity index (χ3v) is 7.16. The van der Waals surface area contributed by atoms with Crippen molar-refractivity contribution in [3.8, 4) is 10.4 Å². The Labute approximate surface area is 169 Å². The van der Waals surface area contributed by atoms with E-state index in [1.54, 1.807) is 13.4 Å². The molecule has 0 aliphatic carbocycles. The van der Waals surface area contributed by atoms with Crippen molar-refractivity contribution in [1.29, 1.82) is 0 Å². The van der Waals surface area contributed by atoms with E-state index in [1.165, 1.54) is 20.9 Å². The van der Waals surface area contributed by atoms with Gasteiger partial charge < -0.3 is 13.9 Å². The molecule has 0 N–H and O–H groups in total. The Balaban J connectivity index is 1.41. The minimum absolute atomic E-state index is 0.161. The van der Waals surface area contributed by atoms with Crippen molar-refractivity contribution in [3.05, 3.63) is 71.0 Å². The fourth-order valence-corrected chi connectivity index (χ4v) is 5.70. The quantitative estimate of drug-likeness (QED) is 0.620. The Morgan fingerprint density at radius 3 is 2.68 bits per heavy atom. The second kappa shape index (κ2) is 7.48. The van der Waals surface area contributed by atoms with Crippen LogP contribution in [0.15, 0.2) is 59.2 Å². The van der Waals surface area contributed by atoms with Crippen molar-refractivity contribution in [1.82, 2.24) is 4.90 Å². The van der Waals surface area contributed by atoms with E-state index in [-0.39, 0.29) is 11.9 Å². The van der Waals surface area contributed by atoms with Gasteiger partial charge in [0.15, 0.2) is 6.29 Å². The van der Waals surface area contributed by atoms with Crippen LogP contribution in [0.25, 0.3) is 10.4 Å². The molecular formula is C23H25NO3S. The minimum atomic E-state index is -0.239. The summed E-state index contributed by atoms with van der Waals surface area (Å²) in [6, 6.07) is 17.0. The van der Waals surface area contributed by atoms with Gasteiger partial charge in [-0.25, -0.2) is 0 Å². The third kappa shape index (κ3) is 3.33. The van der Waals surface area contributed by atoms with E-state index in [4.69, 9.17) is 13.9 Å². The van der Waals surface area contributed by atoms with Crippen LogP contribution in [0.1, 0.15) is 29.0 Å². The van der Waals surface area contributed by atoms with Crippen LogP contribution >= 0.6 is 11.3 Å². The van der Waals surface area contributed by atoms with E-state index in [0.29, 0.717) is 0 Å². The minimum Gasteiger partial charge on any atom is -0.468 e. The van der Waals surface area contributed by atoms with Gasteiger partial charge in [0, 0.05) is 36.4 Å². The summed E-state index contributed by atoms with van der Waals surface area (Å²) in [5.41, 5.74) is 2.42. The van der Waals surface area contributed by atoms with Crippen molar-refractivity contribution in [3.63, 3.8) is 0 Å². The number of thiophene rings is 1. The standard InChI is InChI=1S/C23H25NO3S/c1-25-22-15-21-19(14-20(28-21)17-6-3-2-4-7-17)23(27-22)9-11-24(12-10-23)16-18-8-5-13-26-18/h2-8,13-14,22H,9-12,15-16H2,1H3/t22-/m1/s1. The zero-order chi connectivity index (χ0) is 19.0. The summed E-state index contributed by atoms with van der Waals surface area (Å²) in [5, 5.41) is 0. The Kier molecular flexibility index (Phi) is 4.85. The number of benzene rings is 1. The summed E-state index contributed by atoms with van der Waals surface area (Å²) in [6.07, 6.45) is 4.38. The topological polar surface area (TPSA) is 34.8 Å². The van der Waals surface area contributed by atoms with Crippen LogP contribution in [-0.4, -0.2) is 31.4 Å². The molecule has 0 saturated carbocycles. The summed E-state index contributed by atoms with van der Waals surface area (Å²) >= 11 is 1.89. The summed E-state index contributed by atoms with van der Waals surface area (Å²) < 4.78 is 17.7. The van der Waals surface area contributed by atoms with Gasteiger partial charge in [0.25, 0.3) is 0 Å². The number of fused-ring (bicyclic) bond motifs is 2. The smallest absolute Gasteiger partial charge is 0.163 e.